The van der Waals surface area contributed by atoms with Gasteiger partial charge in [0.1, 0.15) is 0 Å². The Hall–Kier alpha value is -0.0500. The van der Waals surface area contributed by atoms with Crippen molar-refractivity contribution in [2.24, 2.45) is 17.8 Å². The smallest absolute Gasteiger partial charge is 0.0602 e. The predicted octanol–water partition coefficient (Wildman–Crippen LogP) is 6.77. The van der Waals surface area contributed by atoms with Crippen LogP contribution >= 0.6 is 38.9 Å². The Morgan fingerprint density at radius 3 is 2.95 bits per heavy atom. The molecular weight excluding hydrogens is 352 g/mol. The number of fused-ring (bicyclic) bond motifs is 3. The minimum Gasteiger partial charge on any atom is -0.142 e. The van der Waals surface area contributed by atoms with Crippen molar-refractivity contribution in [3.63, 3.8) is 0 Å². The topological polar surface area (TPSA) is 0 Å². The molecule has 2 saturated carbocycles. The summed E-state index contributed by atoms with van der Waals surface area (Å²) in [5, 5.41) is 3.79. The summed E-state index contributed by atoms with van der Waals surface area (Å²) < 4.78 is 2.52. The molecule has 3 heteroatoms. The second-order valence-corrected chi connectivity index (χ2v) is 8.71. The third-order valence-corrected chi connectivity index (χ3v) is 7.70. The maximum Gasteiger partial charge on any atom is 0.0602 e. The molecule has 4 unspecified atom stereocenters. The molecule has 0 nitrogen and oxygen atoms in total. The van der Waals surface area contributed by atoms with Gasteiger partial charge in [-0.05, 0) is 81.8 Å². The Balaban J connectivity index is 1.58. The van der Waals surface area contributed by atoms with Crippen molar-refractivity contribution in [1.29, 1.82) is 0 Å². The van der Waals surface area contributed by atoms with E-state index in [1.807, 2.05) is 11.3 Å². The van der Waals surface area contributed by atoms with E-state index in [9.17, 15) is 0 Å². The first-order valence-electron chi connectivity index (χ1n) is 7.52. The fraction of sp³-hybridized carbons (Fsp3) is 0.529. The van der Waals surface area contributed by atoms with Crippen LogP contribution in [-0.2, 0) is 0 Å². The molecule has 106 valence electrons. The number of halogens is 2. The van der Waals surface area contributed by atoms with E-state index >= 15 is 0 Å². The molecule has 2 aromatic rings. The minimum absolute atomic E-state index is 0.183. The van der Waals surface area contributed by atoms with E-state index in [0.29, 0.717) is 0 Å². The molecule has 0 amide bonds. The van der Waals surface area contributed by atoms with Gasteiger partial charge in [-0.2, -0.15) is 0 Å². The highest BCUT2D eigenvalue weighted by Crippen LogP contribution is 2.52. The standard InChI is InChI=1S/C17H18BrClS/c18-15-3-1-2-13-14(9-20-17(13)15)16(19)8-12-7-10-4-5-11(12)6-10/h1-3,9-12,16H,4-8H2. The molecule has 2 aliphatic carbocycles. The highest BCUT2D eigenvalue weighted by Gasteiger charge is 2.40. The van der Waals surface area contributed by atoms with Crippen LogP contribution in [0.3, 0.4) is 0 Å². The van der Waals surface area contributed by atoms with Crippen LogP contribution in [0, 0.1) is 17.8 Å². The monoisotopic (exact) mass is 368 g/mol. The van der Waals surface area contributed by atoms with Gasteiger partial charge in [0.25, 0.3) is 0 Å². The van der Waals surface area contributed by atoms with Gasteiger partial charge in [-0.15, -0.1) is 22.9 Å². The summed E-state index contributed by atoms with van der Waals surface area (Å²) in [6, 6.07) is 6.44. The van der Waals surface area contributed by atoms with Gasteiger partial charge >= 0.3 is 0 Å². The molecule has 0 radical (unpaired) electrons. The van der Waals surface area contributed by atoms with Crippen LogP contribution in [0.5, 0.6) is 0 Å². The van der Waals surface area contributed by atoms with Crippen LogP contribution in [0.2, 0.25) is 0 Å². The summed E-state index contributed by atoms with van der Waals surface area (Å²) in [4.78, 5) is 0. The van der Waals surface area contributed by atoms with Crippen molar-refractivity contribution < 1.29 is 0 Å². The van der Waals surface area contributed by atoms with Gasteiger partial charge in [0.2, 0.25) is 0 Å². The molecule has 2 fully saturated rings. The van der Waals surface area contributed by atoms with Crippen LogP contribution in [0.1, 0.15) is 43.0 Å². The van der Waals surface area contributed by atoms with Crippen molar-refractivity contribution in [2.75, 3.05) is 0 Å². The lowest BCUT2D eigenvalue weighted by Crippen LogP contribution is -2.12. The van der Waals surface area contributed by atoms with E-state index in [-0.39, 0.29) is 5.38 Å². The third-order valence-electron chi connectivity index (χ3n) is 5.31. The summed E-state index contributed by atoms with van der Waals surface area (Å²) >= 11 is 12.2. The normalized spacial score (nSPS) is 30.2. The number of rotatable bonds is 3. The zero-order chi connectivity index (χ0) is 13.7. The van der Waals surface area contributed by atoms with E-state index < -0.39 is 0 Å². The molecule has 2 aliphatic rings. The second kappa shape index (κ2) is 5.30. The lowest BCUT2D eigenvalue weighted by molar-refractivity contribution is 0.312. The Labute approximate surface area is 137 Å². The molecule has 1 aromatic carbocycles. The van der Waals surface area contributed by atoms with E-state index in [1.54, 1.807) is 0 Å². The molecule has 4 atom stereocenters. The molecular formula is C17H18BrClS. The minimum atomic E-state index is 0.183. The van der Waals surface area contributed by atoms with Gasteiger partial charge in [0.05, 0.1) is 5.38 Å². The Morgan fingerprint density at radius 2 is 2.20 bits per heavy atom. The maximum absolute atomic E-state index is 6.79. The summed E-state index contributed by atoms with van der Waals surface area (Å²) in [7, 11) is 0. The van der Waals surface area contributed by atoms with Gasteiger partial charge in [0.15, 0.2) is 0 Å². The zero-order valence-electron chi connectivity index (χ0n) is 11.3. The van der Waals surface area contributed by atoms with Gasteiger partial charge in [0, 0.05) is 9.17 Å². The molecule has 0 aliphatic heterocycles. The Morgan fingerprint density at radius 1 is 1.30 bits per heavy atom. The van der Waals surface area contributed by atoms with Crippen molar-refractivity contribution in [3.05, 3.63) is 33.6 Å². The van der Waals surface area contributed by atoms with Gasteiger partial charge in [-0.1, -0.05) is 18.6 Å². The predicted molar refractivity (Wildman–Crippen MR) is 91.7 cm³/mol. The van der Waals surface area contributed by atoms with Crippen LogP contribution in [0.25, 0.3) is 10.1 Å². The van der Waals surface area contributed by atoms with Crippen LogP contribution in [0.15, 0.2) is 28.1 Å². The summed E-state index contributed by atoms with van der Waals surface area (Å²) in [5.41, 5.74) is 1.34. The lowest BCUT2D eigenvalue weighted by atomic mass is 9.84. The zero-order valence-corrected chi connectivity index (χ0v) is 14.5. The maximum atomic E-state index is 6.79. The van der Waals surface area contributed by atoms with Crippen molar-refractivity contribution in [2.45, 2.75) is 37.5 Å². The first kappa shape index (κ1) is 13.6. The molecule has 0 spiro atoms. The number of hydrogen-bond donors (Lipinski definition) is 0. The molecule has 0 N–H and O–H groups in total. The molecule has 1 heterocycles. The highest BCUT2D eigenvalue weighted by molar-refractivity contribution is 9.10. The van der Waals surface area contributed by atoms with Gasteiger partial charge in [-0.3, -0.25) is 0 Å². The first-order chi connectivity index (χ1) is 9.72. The first-order valence-corrected chi connectivity index (χ1v) is 9.63. The molecule has 4 rings (SSSR count). The second-order valence-electron chi connectivity index (χ2n) is 6.45. The fourth-order valence-corrected chi connectivity index (χ4v) is 6.50. The number of hydrogen-bond acceptors (Lipinski definition) is 1. The van der Waals surface area contributed by atoms with Crippen LogP contribution in [-0.4, -0.2) is 0 Å². The summed E-state index contributed by atoms with van der Waals surface area (Å²) in [6.45, 7) is 0. The lowest BCUT2D eigenvalue weighted by Gasteiger charge is -2.23. The van der Waals surface area contributed by atoms with Crippen LogP contribution in [0.4, 0.5) is 0 Å². The average Bonchev–Trinajstić information content (AvgIpc) is 3.12. The van der Waals surface area contributed by atoms with E-state index in [2.05, 4.69) is 39.5 Å². The molecule has 2 bridgehead atoms. The van der Waals surface area contributed by atoms with E-state index in [1.165, 1.54) is 52.2 Å². The Bertz CT molecular complexity index is 635. The van der Waals surface area contributed by atoms with Gasteiger partial charge in [-0.25, -0.2) is 0 Å². The van der Waals surface area contributed by atoms with E-state index in [4.69, 9.17) is 11.6 Å². The van der Waals surface area contributed by atoms with Crippen LogP contribution < -0.4 is 0 Å². The highest BCUT2D eigenvalue weighted by atomic mass is 79.9. The van der Waals surface area contributed by atoms with Crippen molar-refractivity contribution in [1.82, 2.24) is 0 Å². The van der Waals surface area contributed by atoms with Crippen molar-refractivity contribution in [3.8, 4) is 0 Å². The Kier molecular flexibility index (Phi) is 3.60. The number of alkyl halides is 1. The number of benzene rings is 1. The molecule has 20 heavy (non-hydrogen) atoms. The summed E-state index contributed by atoms with van der Waals surface area (Å²) in [5.74, 6) is 2.86. The quantitative estimate of drug-likeness (QED) is 0.524. The molecule has 1 aromatic heterocycles. The van der Waals surface area contributed by atoms with E-state index in [0.717, 1.165) is 17.8 Å². The third kappa shape index (κ3) is 2.24. The summed E-state index contributed by atoms with van der Waals surface area (Å²) in [6.07, 6.45) is 7.00. The number of thiophene rings is 1. The van der Waals surface area contributed by atoms with Gasteiger partial charge < -0.3 is 0 Å². The SMILES string of the molecule is ClC(CC1CC2CCC1C2)c1csc2c(Br)cccc12. The average molecular weight is 370 g/mol. The molecule has 0 saturated heterocycles. The largest absolute Gasteiger partial charge is 0.142 e. The fourth-order valence-electron chi connectivity index (χ4n) is 4.34. The van der Waals surface area contributed by atoms with Crippen molar-refractivity contribution >= 4 is 49.0 Å².